The minimum Gasteiger partial charge on any atom is -0.492 e. The van der Waals surface area contributed by atoms with Crippen molar-refractivity contribution in [2.24, 2.45) is 0 Å². The summed E-state index contributed by atoms with van der Waals surface area (Å²) in [5.74, 6) is 4.49. The number of hydrogen-bond donors (Lipinski definition) is 1. The summed E-state index contributed by atoms with van der Waals surface area (Å²) >= 11 is 0. The molecule has 0 saturated carbocycles. The Labute approximate surface area is 218 Å². The highest BCUT2D eigenvalue weighted by molar-refractivity contribution is 5.46. The first kappa shape index (κ1) is 24.9. The first-order valence-electron chi connectivity index (χ1n) is 13.0. The van der Waals surface area contributed by atoms with Crippen LogP contribution in [0.25, 0.3) is 0 Å². The summed E-state index contributed by atoms with van der Waals surface area (Å²) in [7, 11) is 0. The van der Waals surface area contributed by atoms with Gasteiger partial charge in [-0.15, -0.1) is 0 Å². The van der Waals surface area contributed by atoms with E-state index in [4.69, 9.17) is 29.2 Å². The van der Waals surface area contributed by atoms with Gasteiger partial charge in [0.1, 0.15) is 12.4 Å². The van der Waals surface area contributed by atoms with Crippen molar-refractivity contribution in [2.45, 2.75) is 20.4 Å². The molecule has 2 aliphatic rings. The highest BCUT2D eigenvalue weighted by Gasteiger charge is 2.22. The first-order valence-corrected chi connectivity index (χ1v) is 13.0. The second-order valence-electron chi connectivity index (χ2n) is 8.97. The third-order valence-corrected chi connectivity index (χ3v) is 6.55. The van der Waals surface area contributed by atoms with Crippen LogP contribution in [0, 0.1) is 0 Å². The van der Waals surface area contributed by atoms with Crippen LogP contribution in [0.15, 0.2) is 48.5 Å². The second-order valence-corrected chi connectivity index (χ2v) is 8.97. The number of ether oxygens (including phenoxy) is 3. The molecule has 10 heteroatoms. The van der Waals surface area contributed by atoms with Crippen molar-refractivity contribution in [3.8, 4) is 17.2 Å². The standard InChI is InChI=1S/C27H35N7O3/c1-3-33(4-2)26-29-25(28-12-17-35-22-8-6-5-7-9-22)30-27(31-26)34-15-13-32(14-16-34)19-21-10-11-23-24(18-21)37-20-36-23/h5-11,18H,3-4,12-17,19-20H2,1-2H3,(H,28,29,30,31). The molecule has 1 aromatic heterocycles. The van der Waals surface area contributed by atoms with E-state index >= 15 is 0 Å². The second kappa shape index (κ2) is 12.0. The summed E-state index contributed by atoms with van der Waals surface area (Å²) < 4.78 is 16.8. The van der Waals surface area contributed by atoms with E-state index in [1.807, 2.05) is 36.4 Å². The number of hydrogen-bond acceptors (Lipinski definition) is 10. The Kier molecular flexibility index (Phi) is 8.05. The van der Waals surface area contributed by atoms with Crippen LogP contribution < -0.4 is 29.3 Å². The zero-order chi connectivity index (χ0) is 25.5. The number of nitrogens with zero attached hydrogens (tertiary/aromatic N) is 6. The number of rotatable bonds is 11. The Morgan fingerprint density at radius 1 is 0.919 bits per heavy atom. The van der Waals surface area contributed by atoms with Crippen molar-refractivity contribution >= 4 is 17.8 Å². The summed E-state index contributed by atoms with van der Waals surface area (Å²) in [4.78, 5) is 21.1. The van der Waals surface area contributed by atoms with Crippen LogP contribution in [0.3, 0.4) is 0 Å². The van der Waals surface area contributed by atoms with Crippen LogP contribution in [0.2, 0.25) is 0 Å². The minimum atomic E-state index is 0.301. The molecule has 0 aliphatic carbocycles. The monoisotopic (exact) mass is 505 g/mol. The van der Waals surface area contributed by atoms with E-state index in [2.05, 4.69) is 46.0 Å². The average molecular weight is 506 g/mol. The van der Waals surface area contributed by atoms with Gasteiger partial charge in [-0.05, 0) is 43.7 Å². The Morgan fingerprint density at radius 3 is 2.49 bits per heavy atom. The molecule has 2 aromatic carbocycles. The van der Waals surface area contributed by atoms with Gasteiger partial charge in [0.15, 0.2) is 11.5 Å². The predicted molar refractivity (Wildman–Crippen MR) is 144 cm³/mol. The largest absolute Gasteiger partial charge is 0.492 e. The summed E-state index contributed by atoms with van der Waals surface area (Å²) in [5.41, 5.74) is 1.23. The van der Waals surface area contributed by atoms with Crippen molar-refractivity contribution in [1.82, 2.24) is 19.9 Å². The Morgan fingerprint density at radius 2 is 1.70 bits per heavy atom. The van der Waals surface area contributed by atoms with Crippen molar-refractivity contribution in [2.75, 3.05) is 74.3 Å². The molecule has 196 valence electrons. The van der Waals surface area contributed by atoms with Crippen molar-refractivity contribution in [3.63, 3.8) is 0 Å². The molecule has 1 fully saturated rings. The van der Waals surface area contributed by atoms with Crippen LogP contribution in [-0.2, 0) is 6.54 Å². The quantitative estimate of drug-likeness (QED) is 0.392. The van der Waals surface area contributed by atoms with Gasteiger partial charge in [0.2, 0.25) is 24.6 Å². The maximum atomic E-state index is 5.80. The minimum absolute atomic E-state index is 0.301. The molecule has 0 spiro atoms. The smallest absolute Gasteiger partial charge is 0.232 e. The van der Waals surface area contributed by atoms with E-state index in [-0.39, 0.29) is 0 Å². The molecule has 5 rings (SSSR count). The van der Waals surface area contributed by atoms with Gasteiger partial charge in [-0.1, -0.05) is 24.3 Å². The Bertz CT molecular complexity index is 1150. The third-order valence-electron chi connectivity index (χ3n) is 6.55. The lowest BCUT2D eigenvalue weighted by atomic mass is 10.1. The Hall–Kier alpha value is -3.79. The molecule has 0 radical (unpaired) electrons. The lowest BCUT2D eigenvalue weighted by Crippen LogP contribution is -2.46. The Balaban J connectivity index is 1.20. The first-order chi connectivity index (χ1) is 18.2. The molecule has 3 aromatic rings. The summed E-state index contributed by atoms with van der Waals surface area (Å²) in [6, 6.07) is 16.0. The van der Waals surface area contributed by atoms with Gasteiger partial charge in [0.05, 0.1) is 6.54 Å². The van der Waals surface area contributed by atoms with Crippen molar-refractivity contribution < 1.29 is 14.2 Å². The molecular weight excluding hydrogens is 470 g/mol. The lowest BCUT2D eigenvalue weighted by molar-refractivity contribution is 0.174. The van der Waals surface area contributed by atoms with E-state index in [1.165, 1.54) is 5.56 Å². The number of piperazine rings is 1. The molecule has 3 heterocycles. The fraction of sp³-hybridized carbons (Fsp3) is 0.444. The molecular formula is C27H35N7O3. The van der Waals surface area contributed by atoms with E-state index in [9.17, 15) is 0 Å². The fourth-order valence-corrected chi connectivity index (χ4v) is 4.47. The molecule has 0 atom stereocenters. The van der Waals surface area contributed by atoms with Gasteiger partial charge < -0.3 is 29.3 Å². The number of aromatic nitrogens is 3. The highest BCUT2D eigenvalue weighted by atomic mass is 16.7. The van der Waals surface area contributed by atoms with Gasteiger partial charge in [-0.25, -0.2) is 0 Å². The summed E-state index contributed by atoms with van der Waals surface area (Å²) in [5, 5.41) is 3.33. The van der Waals surface area contributed by atoms with Crippen molar-refractivity contribution in [3.05, 3.63) is 54.1 Å². The number of fused-ring (bicyclic) bond motifs is 1. The molecule has 0 bridgehead atoms. The fourth-order valence-electron chi connectivity index (χ4n) is 4.47. The van der Waals surface area contributed by atoms with Gasteiger partial charge in [0, 0.05) is 45.8 Å². The molecule has 37 heavy (non-hydrogen) atoms. The number of benzene rings is 2. The van der Waals surface area contributed by atoms with Crippen LogP contribution >= 0.6 is 0 Å². The van der Waals surface area contributed by atoms with Crippen molar-refractivity contribution in [1.29, 1.82) is 0 Å². The normalized spacial score (nSPS) is 15.0. The highest BCUT2D eigenvalue weighted by Crippen LogP contribution is 2.33. The molecule has 10 nitrogen and oxygen atoms in total. The third kappa shape index (κ3) is 6.32. The van der Waals surface area contributed by atoms with E-state index in [0.717, 1.165) is 63.1 Å². The zero-order valence-corrected chi connectivity index (χ0v) is 21.6. The van der Waals surface area contributed by atoms with Gasteiger partial charge in [-0.2, -0.15) is 15.0 Å². The van der Waals surface area contributed by atoms with E-state index in [1.54, 1.807) is 0 Å². The number of para-hydroxylation sites is 1. The maximum absolute atomic E-state index is 5.80. The topological polar surface area (TPSA) is 88.1 Å². The maximum Gasteiger partial charge on any atom is 0.232 e. The average Bonchev–Trinajstić information content (AvgIpc) is 3.41. The van der Waals surface area contributed by atoms with Crippen LogP contribution in [0.5, 0.6) is 17.2 Å². The zero-order valence-electron chi connectivity index (χ0n) is 21.6. The molecule has 2 aliphatic heterocycles. The summed E-state index contributed by atoms with van der Waals surface area (Å²) in [6.07, 6.45) is 0. The van der Waals surface area contributed by atoms with Crippen LogP contribution in [-0.4, -0.2) is 79.1 Å². The summed E-state index contributed by atoms with van der Waals surface area (Å²) in [6.45, 7) is 11.7. The molecule has 0 unspecified atom stereocenters. The predicted octanol–water partition coefficient (Wildman–Crippen LogP) is 3.26. The van der Waals surface area contributed by atoms with Crippen LogP contribution in [0.1, 0.15) is 19.4 Å². The molecule has 0 amide bonds. The number of nitrogens with one attached hydrogen (secondary N) is 1. The van der Waals surface area contributed by atoms with Gasteiger partial charge in [0.25, 0.3) is 0 Å². The SMILES string of the molecule is CCN(CC)c1nc(NCCOc2ccccc2)nc(N2CCN(Cc3ccc4c(c3)OCO4)CC2)n1. The van der Waals surface area contributed by atoms with Crippen LogP contribution in [0.4, 0.5) is 17.8 Å². The molecule has 1 N–H and O–H groups in total. The number of anilines is 3. The van der Waals surface area contributed by atoms with E-state index in [0.29, 0.717) is 37.8 Å². The van der Waals surface area contributed by atoms with Gasteiger partial charge in [-0.3, -0.25) is 4.90 Å². The van der Waals surface area contributed by atoms with E-state index < -0.39 is 0 Å². The van der Waals surface area contributed by atoms with Gasteiger partial charge >= 0.3 is 0 Å². The molecule has 1 saturated heterocycles. The lowest BCUT2D eigenvalue weighted by Gasteiger charge is -2.35.